The van der Waals surface area contributed by atoms with Gasteiger partial charge < -0.3 is 9.88 Å². The summed E-state index contributed by atoms with van der Waals surface area (Å²) >= 11 is 1.29. The first-order valence-electron chi connectivity index (χ1n) is 4.96. The third-order valence-corrected chi connectivity index (χ3v) is 3.11. The summed E-state index contributed by atoms with van der Waals surface area (Å²) in [5, 5.41) is 22.4. The lowest BCUT2D eigenvalue weighted by molar-refractivity contribution is -0.386. The highest BCUT2D eigenvalue weighted by atomic mass is 32.1. The van der Waals surface area contributed by atoms with Crippen molar-refractivity contribution in [2.24, 2.45) is 0 Å². The molecule has 0 aliphatic rings. The molecule has 2 heterocycles. The molecule has 0 unspecified atom stereocenters. The summed E-state index contributed by atoms with van der Waals surface area (Å²) in [4.78, 5) is 21.7. The van der Waals surface area contributed by atoms with Gasteiger partial charge in [-0.25, -0.2) is 0 Å². The fourth-order valence-electron chi connectivity index (χ4n) is 1.35. The summed E-state index contributed by atoms with van der Waals surface area (Å²) in [7, 11) is 1.71. The fourth-order valence-corrected chi connectivity index (χ4v) is 2.04. The zero-order valence-corrected chi connectivity index (χ0v) is 10.2. The van der Waals surface area contributed by atoms with Crippen LogP contribution in [0.1, 0.15) is 5.01 Å². The summed E-state index contributed by atoms with van der Waals surface area (Å²) in [6, 6.07) is 2.64. The minimum absolute atomic E-state index is 0.167. The monoisotopic (exact) mass is 267 g/mol. The molecule has 0 spiro atoms. The van der Waals surface area contributed by atoms with Gasteiger partial charge in [0.15, 0.2) is 0 Å². The summed E-state index contributed by atoms with van der Waals surface area (Å²) in [5.41, 5.74) is -1.10. The van der Waals surface area contributed by atoms with Crippen LogP contribution in [-0.4, -0.2) is 26.7 Å². The van der Waals surface area contributed by atoms with Gasteiger partial charge in [0.2, 0.25) is 5.13 Å². The summed E-state index contributed by atoms with van der Waals surface area (Å²) in [6.07, 6.45) is 1.48. The Hall–Kier alpha value is -2.29. The maximum Gasteiger partial charge on any atom is 0.334 e. The van der Waals surface area contributed by atoms with Gasteiger partial charge in [0.05, 0.1) is 11.5 Å². The average Bonchev–Trinajstić information content (AvgIpc) is 2.79. The second-order valence-electron chi connectivity index (χ2n) is 3.33. The number of pyridine rings is 1. The van der Waals surface area contributed by atoms with E-state index >= 15 is 0 Å². The van der Waals surface area contributed by atoms with E-state index < -0.39 is 16.2 Å². The summed E-state index contributed by atoms with van der Waals surface area (Å²) in [5.74, 6) is 0. The molecule has 0 bridgehead atoms. The maximum absolute atomic E-state index is 11.8. The first-order chi connectivity index (χ1) is 8.61. The van der Waals surface area contributed by atoms with Gasteiger partial charge in [0.25, 0.3) is 0 Å². The zero-order chi connectivity index (χ0) is 13.1. The average molecular weight is 267 g/mol. The van der Waals surface area contributed by atoms with E-state index in [1.807, 2.05) is 0 Å². The van der Waals surface area contributed by atoms with E-state index in [1.165, 1.54) is 34.2 Å². The highest BCUT2D eigenvalue weighted by molar-refractivity contribution is 7.15. The number of aromatic nitrogens is 3. The molecule has 2 aromatic rings. The Morgan fingerprint density at radius 3 is 2.94 bits per heavy atom. The number of nitrogens with zero attached hydrogens (tertiary/aromatic N) is 4. The highest BCUT2D eigenvalue weighted by Crippen LogP contribution is 2.15. The standard InChI is InChI=1S/C9H9N5O3S/c1-10-9-12-11-7(18-9)5-13-4-2-3-6(8(13)15)14(16)17/h2-4H,5H2,1H3,(H,10,12). The third-order valence-electron chi connectivity index (χ3n) is 2.18. The van der Waals surface area contributed by atoms with Crippen molar-refractivity contribution in [3.8, 4) is 0 Å². The SMILES string of the molecule is CNc1nnc(Cn2cccc([N+](=O)[O-])c2=O)s1. The van der Waals surface area contributed by atoms with Crippen molar-refractivity contribution in [3.05, 3.63) is 43.8 Å². The van der Waals surface area contributed by atoms with E-state index in [9.17, 15) is 14.9 Å². The molecule has 0 atom stereocenters. The van der Waals surface area contributed by atoms with Gasteiger partial charge in [0, 0.05) is 19.3 Å². The normalized spacial score (nSPS) is 10.3. The molecule has 0 aliphatic carbocycles. The third kappa shape index (κ3) is 2.35. The smallest absolute Gasteiger partial charge is 0.334 e. The van der Waals surface area contributed by atoms with Crippen LogP contribution in [0.15, 0.2) is 23.1 Å². The molecule has 9 heteroatoms. The lowest BCUT2D eigenvalue weighted by Gasteiger charge is -2.01. The number of hydrogen-bond acceptors (Lipinski definition) is 7. The van der Waals surface area contributed by atoms with Crippen LogP contribution in [0.2, 0.25) is 0 Å². The molecule has 94 valence electrons. The first kappa shape index (κ1) is 12.2. The van der Waals surface area contributed by atoms with Crippen molar-refractivity contribution < 1.29 is 4.92 Å². The lowest BCUT2D eigenvalue weighted by atomic mass is 10.4. The van der Waals surface area contributed by atoms with Crippen molar-refractivity contribution in [3.63, 3.8) is 0 Å². The molecule has 2 aromatic heterocycles. The summed E-state index contributed by atoms with van der Waals surface area (Å²) < 4.78 is 1.23. The molecular weight excluding hydrogens is 258 g/mol. The van der Waals surface area contributed by atoms with E-state index in [-0.39, 0.29) is 6.54 Å². The zero-order valence-electron chi connectivity index (χ0n) is 9.36. The van der Waals surface area contributed by atoms with Crippen LogP contribution in [0.4, 0.5) is 10.8 Å². The van der Waals surface area contributed by atoms with Gasteiger partial charge in [-0.3, -0.25) is 14.9 Å². The van der Waals surface area contributed by atoms with Gasteiger partial charge in [-0.15, -0.1) is 10.2 Å². The van der Waals surface area contributed by atoms with E-state index in [0.29, 0.717) is 10.1 Å². The first-order valence-corrected chi connectivity index (χ1v) is 5.77. The second-order valence-corrected chi connectivity index (χ2v) is 4.40. The molecule has 2 rings (SSSR count). The lowest BCUT2D eigenvalue weighted by Crippen LogP contribution is -2.22. The van der Waals surface area contributed by atoms with Crippen LogP contribution < -0.4 is 10.9 Å². The van der Waals surface area contributed by atoms with Gasteiger partial charge in [-0.2, -0.15) is 0 Å². The topological polar surface area (TPSA) is 103 Å². The van der Waals surface area contributed by atoms with Crippen molar-refractivity contribution in [1.82, 2.24) is 14.8 Å². The molecule has 0 aromatic carbocycles. The van der Waals surface area contributed by atoms with Crippen LogP contribution in [0.3, 0.4) is 0 Å². The Bertz CT molecular complexity index is 635. The molecule has 1 N–H and O–H groups in total. The number of anilines is 1. The second kappa shape index (κ2) is 4.92. The van der Waals surface area contributed by atoms with Crippen LogP contribution in [0.25, 0.3) is 0 Å². The Morgan fingerprint density at radius 2 is 2.33 bits per heavy atom. The van der Waals surface area contributed by atoms with Crippen LogP contribution in [0.5, 0.6) is 0 Å². The van der Waals surface area contributed by atoms with Gasteiger partial charge in [0.1, 0.15) is 5.01 Å². The largest absolute Gasteiger partial charge is 0.363 e. The van der Waals surface area contributed by atoms with Crippen molar-refractivity contribution in [2.45, 2.75) is 6.54 Å². The van der Waals surface area contributed by atoms with Crippen molar-refractivity contribution in [2.75, 3.05) is 12.4 Å². The Balaban J connectivity index is 2.32. The fraction of sp³-hybridized carbons (Fsp3) is 0.222. The van der Waals surface area contributed by atoms with E-state index in [0.717, 1.165) is 0 Å². The van der Waals surface area contributed by atoms with Gasteiger partial charge in [-0.05, 0) is 6.07 Å². The number of nitro groups is 1. The Morgan fingerprint density at radius 1 is 1.56 bits per heavy atom. The number of hydrogen-bond donors (Lipinski definition) is 1. The number of rotatable bonds is 4. The van der Waals surface area contributed by atoms with Crippen LogP contribution in [-0.2, 0) is 6.54 Å². The van der Waals surface area contributed by atoms with Crippen molar-refractivity contribution >= 4 is 22.2 Å². The highest BCUT2D eigenvalue weighted by Gasteiger charge is 2.14. The van der Waals surface area contributed by atoms with E-state index in [4.69, 9.17) is 0 Å². The van der Waals surface area contributed by atoms with E-state index in [1.54, 1.807) is 7.05 Å². The maximum atomic E-state index is 11.8. The molecular formula is C9H9N5O3S. The quantitative estimate of drug-likeness (QED) is 0.646. The molecule has 0 radical (unpaired) electrons. The predicted molar refractivity (Wildman–Crippen MR) is 65.9 cm³/mol. The number of nitrogens with one attached hydrogen (secondary N) is 1. The molecule has 8 nitrogen and oxygen atoms in total. The molecule has 0 saturated carbocycles. The minimum Gasteiger partial charge on any atom is -0.363 e. The Kier molecular flexibility index (Phi) is 3.33. The molecule has 0 fully saturated rings. The predicted octanol–water partition coefficient (Wildman–Crippen LogP) is 0.698. The summed E-state index contributed by atoms with van der Waals surface area (Å²) in [6.45, 7) is 0.167. The van der Waals surface area contributed by atoms with E-state index in [2.05, 4.69) is 15.5 Å². The van der Waals surface area contributed by atoms with Crippen LogP contribution in [0, 0.1) is 10.1 Å². The minimum atomic E-state index is -0.696. The van der Waals surface area contributed by atoms with Crippen molar-refractivity contribution in [1.29, 1.82) is 0 Å². The molecule has 0 saturated heterocycles. The van der Waals surface area contributed by atoms with Gasteiger partial charge in [-0.1, -0.05) is 11.3 Å². The van der Waals surface area contributed by atoms with Gasteiger partial charge >= 0.3 is 11.2 Å². The molecule has 18 heavy (non-hydrogen) atoms. The molecule has 0 amide bonds. The van der Waals surface area contributed by atoms with Crippen LogP contribution >= 0.6 is 11.3 Å². The Labute approximate surface area is 105 Å². The molecule has 0 aliphatic heterocycles.